The fourth-order valence-corrected chi connectivity index (χ4v) is 3.97. The van der Waals surface area contributed by atoms with E-state index in [-0.39, 0.29) is 5.91 Å². The molecule has 0 bridgehead atoms. The Morgan fingerprint density at radius 3 is 2.33 bits per heavy atom. The fraction of sp³-hybridized carbons (Fsp3) is 0.409. The summed E-state index contributed by atoms with van der Waals surface area (Å²) in [5.41, 5.74) is 3.06. The molecule has 1 N–H and O–H groups in total. The zero-order chi connectivity index (χ0) is 22.1. The van der Waals surface area contributed by atoms with Crippen LogP contribution in [-0.4, -0.2) is 46.0 Å². The first kappa shape index (κ1) is 24.1. The molecule has 1 atom stereocenters. The standard InChI is InChI=1S/C22H30N2O4S2/c1-5-21(28-20-12-10-19(11-13-20)24(3)30(4,26)27)22(25)23-14-15-29-16-18-8-6-17(2)7-9-18/h6-13,21H,5,14-16H2,1-4H3,(H,23,25)/t21-/m1/s1. The molecule has 8 heteroatoms. The number of sulfonamides is 1. The van der Waals surface area contributed by atoms with E-state index in [9.17, 15) is 13.2 Å². The molecule has 2 aromatic rings. The van der Waals surface area contributed by atoms with E-state index in [0.717, 1.165) is 17.8 Å². The maximum atomic E-state index is 12.4. The van der Waals surface area contributed by atoms with Gasteiger partial charge in [0.1, 0.15) is 5.75 Å². The normalized spacial score (nSPS) is 12.3. The molecule has 30 heavy (non-hydrogen) atoms. The number of hydrogen-bond acceptors (Lipinski definition) is 5. The number of hydrogen-bond donors (Lipinski definition) is 1. The second-order valence-corrected chi connectivity index (χ2v) is 10.2. The fourth-order valence-electron chi connectivity index (χ4n) is 2.65. The Balaban J connectivity index is 1.78. The summed E-state index contributed by atoms with van der Waals surface area (Å²) in [6.45, 7) is 4.54. The Bertz CT molecular complexity index is 913. The van der Waals surface area contributed by atoms with Crippen molar-refractivity contribution in [3.8, 4) is 5.75 Å². The Labute approximate surface area is 184 Å². The van der Waals surface area contributed by atoms with Gasteiger partial charge >= 0.3 is 0 Å². The van der Waals surface area contributed by atoms with Crippen LogP contribution in [0.4, 0.5) is 5.69 Å². The number of carbonyl (C=O) groups is 1. The quantitative estimate of drug-likeness (QED) is 0.530. The van der Waals surface area contributed by atoms with Crippen molar-refractivity contribution in [3.05, 3.63) is 59.7 Å². The monoisotopic (exact) mass is 450 g/mol. The minimum Gasteiger partial charge on any atom is -0.481 e. The van der Waals surface area contributed by atoms with E-state index < -0.39 is 16.1 Å². The lowest BCUT2D eigenvalue weighted by molar-refractivity contribution is -0.127. The van der Waals surface area contributed by atoms with Crippen LogP contribution in [0.5, 0.6) is 5.75 Å². The van der Waals surface area contributed by atoms with Crippen molar-refractivity contribution in [2.45, 2.75) is 32.1 Å². The van der Waals surface area contributed by atoms with Gasteiger partial charge in [-0.05, 0) is 43.2 Å². The summed E-state index contributed by atoms with van der Waals surface area (Å²) in [6, 6.07) is 15.1. The van der Waals surface area contributed by atoms with Crippen LogP contribution in [0.15, 0.2) is 48.5 Å². The third-order valence-electron chi connectivity index (χ3n) is 4.57. The molecule has 0 saturated heterocycles. The van der Waals surface area contributed by atoms with E-state index in [0.29, 0.717) is 24.4 Å². The number of benzene rings is 2. The molecule has 0 aliphatic carbocycles. The molecule has 2 rings (SSSR count). The number of anilines is 1. The molecular weight excluding hydrogens is 420 g/mol. The lowest BCUT2D eigenvalue weighted by Gasteiger charge is -2.19. The predicted octanol–water partition coefficient (Wildman–Crippen LogP) is 3.60. The summed E-state index contributed by atoms with van der Waals surface area (Å²) in [6.07, 6.45) is 1.09. The van der Waals surface area contributed by atoms with Gasteiger partial charge in [-0.1, -0.05) is 36.8 Å². The van der Waals surface area contributed by atoms with Crippen molar-refractivity contribution in [3.63, 3.8) is 0 Å². The van der Waals surface area contributed by atoms with Gasteiger partial charge in [0.15, 0.2) is 6.10 Å². The lowest BCUT2D eigenvalue weighted by Crippen LogP contribution is -2.39. The van der Waals surface area contributed by atoms with Crippen LogP contribution in [0.25, 0.3) is 0 Å². The minimum absolute atomic E-state index is 0.147. The topological polar surface area (TPSA) is 75.7 Å². The number of nitrogens with zero attached hydrogens (tertiary/aromatic N) is 1. The second kappa shape index (κ2) is 11.3. The number of ether oxygens (including phenoxy) is 1. The maximum Gasteiger partial charge on any atom is 0.261 e. The van der Waals surface area contributed by atoms with Crippen molar-refractivity contribution in [2.75, 3.05) is 29.9 Å². The van der Waals surface area contributed by atoms with Crippen molar-refractivity contribution in [1.29, 1.82) is 0 Å². The average Bonchev–Trinajstić information content (AvgIpc) is 2.72. The number of amides is 1. The van der Waals surface area contributed by atoms with E-state index in [1.165, 1.54) is 22.5 Å². The van der Waals surface area contributed by atoms with E-state index in [2.05, 4.69) is 36.5 Å². The summed E-state index contributed by atoms with van der Waals surface area (Å²) in [4.78, 5) is 12.4. The van der Waals surface area contributed by atoms with Crippen LogP contribution in [-0.2, 0) is 20.6 Å². The van der Waals surface area contributed by atoms with Crippen LogP contribution in [0.1, 0.15) is 24.5 Å². The van der Waals surface area contributed by atoms with Gasteiger partial charge < -0.3 is 10.1 Å². The van der Waals surface area contributed by atoms with Gasteiger partial charge in [0, 0.05) is 25.1 Å². The Kier molecular flexibility index (Phi) is 9.05. The van der Waals surface area contributed by atoms with Crippen molar-refractivity contribution in [1.82, 2.24) is 5.32 Å². The highest BCUT2D eigenvalue weighted by atomic mass is 32.2. The Morgan fingerprint density at radius 2 is 1.77 bits per heavy atom. The molecule has 6 nitrogen and oxygen atoms in total. The molecule has 164 valence electrons. The van der Waals surface area contributed by atoms with Crippen molar-refractivity contribution in [2.24, 2.45) is 0 Å². The van der Waals surface area contributed by atoms with Gasteiger partial charge in [0.25, 0.3) is 5.91 Å². The number of carbonyl (C=O) groups excluding carboxylic acids is 1. The van der Waals surface area contributed by atoms with Gasteiger partial charge in [-0.2, -0.15) is 11.8 Å². The molecular formula is C22H30N2O4S2. The highest BCUT2D eigenvalue weighted by molar-refractivity contribution is 7.98. The molecule has 0 saturated carbocycles. The lowest BCUT2D eigenvalue weighted by atomic mass is 10.2. The van der Waals surface area contributed by atoms with Crippen molar-refractivity contribution >= 4 is 33.4 Å². The predicted molar refractivity (Wildman–Crippen MR) is 125 cm³/mol. The highest BCUT2D eigenvalue weighted by Crippen LogP contribution is 2.21. The SMILES string of the molecule is CC[C@@H](Oc1ccc(N(C)S(C)(=O)=O)cc1)C(=O)NCCSCc1ccc(C)cc1. The molecule has 0 aromatic heterocycles. The van der Waals surface area contributed by atoms with E-state index >= 15 is 0 Å². The molecule has 0 aliphatic rings. The highest BCUT2D eigenvalue weighted by Gasteiger charge is 2.18. The minimum atomic E-state index is -3.32. The first-order chi connectivity index (χ1) is 14.2. The summed E-state index contributed by atoms with van der Waals surface area (Å²) < 4.78 is 30.2. The number of rotatable bonds is 11. The maximum absolute atomic E-state index is 12.4. The number of aryl methyl sites for hydroxylation is 1. The van der Waals surface area contributed by atoms with Gasteiger partial charge in [-0.3, -0.25) is 9.10 Å². The van der Waals surface area contributed by atoms with Crippen molar-refractivity contribution < 1.29 is 17.9 Å². The molecule has 0 spiro atoms. The average molecular weight is 451 g/mol. The molecule has 0 fully saturated rings. The third-order valence-corrected chi connectivity index (χ3v) is 6.81. The summed E-state index contributed by atoms with van der Waals surface area (Å²) >= 11 is 1.77. The van der Waals surface area contributed by atoms with E-state index in [4.69, 9.17) is 4.74 Å². The Morgan fingerprint density at radius 1 is 1.13 bits per heavy atom. The van der Waals surface area contributed by atoms with Gasteiger partial charge in [-0.15, -0.1) is 0 Å². The zero-order valence-corrected chi connectivity index (χ0v) is 19.6. The van der Waals surface area contributed by atoms with E-state index in [1.54, 1.807) is 36.0 Å². The van der Waals surface area contributed by atoms with Crippen LogP contribution >= 0.6 is 11.8 Å². The molecule has 0 radical (unpaired) electrons. The molecule has 0 unspecified atom stereocenters. The van der Waals surface area contributed by atoms with Crippen LogP contribution in [0.2, 0.25) is 0 Å². The first-order valence-corrected chi connectivity index (χ1v) is 12.8. The molecule has 2 aromatic carbocycles. The molecule has 0 heterocycles. The van der Waals surface area contributed by atoms with Crippen LogP contribution in [0, 0.1) is 6.92 Å². The van der Waals surface area contributed by atoms with Crippen LogP contribution < -0.4 is 14.4 Å². The smallest absolute Gasteiger partial charge is 0.261 e. The number of nitrogens with one attached hydrogen (secondary N) is 1. The van der Waals surface area contributed by atoms with Gasteiger partial charge in [0.2, 0.25) is 10.0 Å². The molecule has 0 aliphatic heterocycles. The Hall–Kier alpha value is -2.19. The largest absolute Gasteiger partial charge is 0.481 e. The summed E-state index contributed by atoms with van der Waals surface area (Å²) in [5.74, 6) is 2.11. The van der Waals surface area contributed by atoms with E-state index in [1.807, 2.05) is 6.92 Å². The summed E-state index contributed by atoms with van der Waals surface area (Å²) in [5, 5.41) is 2.93. The first-order valence-electron chi connectivity index (χ1n) is 9.82. The summed E-state index contributed by atoms with van der Waals surface area (Å²) in [7, 11) is -1.83. The number of thioether (sulfide) groups is 1. The zero-order valence-electron chi connectivity index (χ0n) is 17.9. The van der Waals surface area contributed by atoms with Crippen LogP contribution in [0.3, 0.4) is 0 Å². The second-order valence-electron chi connectivity index (χ2n) is 7.07. The van der Waals surface area contributed by atoms with Gasteiger partial charge in [-0.25, -0.2) is 8.42 Å². The third kappa shape index (κ3) is 7.57. The molecule has 1 amide bonds. The van der Waals surface area contributed by atoms with Gasteiger partial charge in [0.05, 0.1) is 11.9 Å².